The second-order valence-electron chi connectivity index (χ2n) is 6.78. The molecule has 2 aromatic rings. The molecule has 0 spiro atoms. The first-order valence-corrected chi connectivity index (χ1v) is 9.79. The molecule has 0 aliphatic rings. The predicted octanol–water partition coefficient (Wildman–Crippen LogP) is 2.77. The summed E-state index contributed by atoms with van der Waals surface area (Å²) in [5, 5.41) is 3.27. The van der Waals surface area contributed by atoms with Crippen molar-refractivity contribution in [3.63, 3.8) is 0 Å². The summed E-state index contributed by atoms with van der Waals surface area (Å²) in [5.41, 5.74) is 1.98. The first-order chi connectivity index (χ1) is 11.0. The molecule has 1 aromatic carbocycles. The van der Waals surface area contributed by atoms with E-state index >= 15 is 0 Å². The number of Topliss-reactive ketones (excluding diaryl/α,β-unsaturated/α-hetero) is 1. The molecule has 24 heavy (non-hydrogen) atoms. The molecular formula is C17H23N3O3S. The van der Waals surface area contributed by atoms with Crippen LogP contribution in [0.15, 0.2) is 18.2 Å². The molecule has 0 saturated heterocycles. The number of nitrogens with one attached hydrogen (secondary N) is 1. The van der Waals surface area contributed by atoms with Crippen LogP contribution >= 0.6 is 0 Å². The van der Waals surface area contributed by atoms with Crippen molar-refractivity contribution in [2.75, 3.05) is 17.3 Å². The molecule has 1 aromatic heterocycles. The smallest absolute Gasteiger partial charge is 0.162 e. The fourth-order valence-corrected chi connectivity index (χ4v) is 3.27. The number of nitrogens with zero attached hydrogens (tertiary/aromatic N) is 2. The normalized spacial score (nSPS) is 12.4. The molecule has 2 rings (SSSR count). The number of benzene rings is 1. The number of para-hydroxylation sites is 1. The number of ketones is 1. The van der Waals surface area contributed by atoms with Gasteiger partial charge in [-0.3, -0.25) is 4.79 Å². The minimum atomic E-state index is -3.03. The largest absolute Gasteiger partial charge is 0.364 e. The van der Waals surface area contributed by atoms with Crippen LogP contribution in [0.1, 0.15) is 43.2 Å². The van der Waals surface area contributed by atoms with E-state index in [0.29, 0.717) is 34.5 Å². The highest BCUT2D eigenvalue weighted by molar-refractivity contribution is 7.90. The maximum Gasteiger partial charge on any atom is 0.162 e. The first-order valence-electron chi connectivity index (χ1n) is 7.73. The van der Waals surface area contributed by atoms with Gasteiger partial charge in [-0.2, -0.15) is 0 Å². The van der Waals surface area contributed by atoms with E-state index in [4.69, 9.17) is 0 Å². The van der Waals surface area contributed by atoms with Crippen LogP contribution in [0.25, 0.3) is 11.0 Å². The summed E-state index contributed by atoms with van der Waals surface area (Å²) in [7, 11) is -3.03. The fourth-order valence-electron chi connectivity index (χ4n) is 2.39. The molecule has 1 N–H and O–H groups in total. The van der Waals surface area contributed by atoms with Gasteiger partial charge >= 0.3 is 0 Å². The lowest BCUT2D eigenvalue weighted by Gasteiger charge is -2.27. The minimum Gasteiger partial charge on any atom is -0.364 e. The second kappa shape index (κ2) is 6.47. The van der Waals surface area contributed by atoms with Crippen LogP contribution in [0.5, 0.6) is 0 Å². The van der Waals surface area contributed by atoms with Gasteiger partial charge in [-0.25, -0.2) is 18.4 Å². The third-order valence-electron chi connectivity index (χ3n) is 3.80. The molecule has 7 heteroatoms. The van der Waals surface area contributed by atoms with Crippen molar-refractivity contribution < 1.29 is 13.2 Å². The van der Waals surface area contributed by atoms with E-state index in [-0.39, 0.29) is 11.5 Å². The fraction of sp³-hybridized carbons (Fsp3) is 0.471. The Bertz CT molecular complexity index is 889. The van der Waals surface area contributed by atoms with Gasteiger partial charge in [0.1, 0.15) is 21.2 Å². The number of sulfone groups is 1. The molecular weight excluding hydrogens is 326 g/mol. The van der Waals surface area contributed by atoms with Crippen LogP contribution < -0.4 is 5.32 Å². The minimum absolute atomic E-state index is 0.0685. The molecule has 1 heterocycles. The number of hydrogen-bond donors (Lipinski definition) is 1. The molecule has 0 aliphatic carbocycles. The van der Waals surface area contributed by atoms with Crippen molar-refractivity contribution >= 4 is 32.5 Å². The van der Waals surface area contributed by atoms with Crippen molar-refractivity contribution in [1.82, 2.24) is 9.97 Å². The number of hydrogen-bond acceptors (Lipinski definition) is 6. The maximum absolute atomic E-state index is 11.8. The van der Waals surface area contributed by atoms with Crippen molar-refractivity contribution in [3.05, 3.63) is 29.5 Å². The Morgan fingerprint density at radius 3 is 2.50 bits per heavy atom. The van der Waals surface area contributed by atoms with Crippen LogP contribution in [0.4, 0.5) is 5.82 Å². The SMILES string of the molecule is CC(=O)c1cccc2nc(C)c(NC(C)(C)CCS(C)(=O)=O)nc12. The van der Waals surface area contributed by atoms with Crippen molar-refractivity contribution in [2.45, 2.75) is 39.7 Å². The van der Waals surface area contributed by atoms with Gasteiger partial charge in [0.15, 0.2) is 5.78 Å². The quantitative estimate of drug-likeness (QED) is 0.807. The van der Waals surface area contributed by atoms with Crippen LogP contribution in [-0.4, -0.2) is 41.7 Å². The van der Waals surface area contributed by atoms with Crippen LogP contribution in [-0.2, 0) is 9.84 Å². The van der Waals surface area contributed by atoms with E-state index in [2.05, 4.69) is 15.3 Å². The van der Waals surface area contributed by atoms with Gasteiger partial charge in [0.05, 0.1) is 17.0 Å². The van der Waals surface area contributed by atoms with E-state index in [1.807, 2.05) is 26.8 Å². The first kappa shape index (κ1) is 18.3. The average molecular weight is 349 g/mol. The van der Waals surface area contributed by atoms with Gasteiger partial charge in [-0.05, 0) is 46.2 Å². The lowest BCUT2D eigenvalue weighted by molar-refractivity contribution is 0.101. The van der Waals surface area contributed by atoms with E-state index in [1.54, 1.807) is 12.1 Å². The summed E-state index contributed by atoms with van der Waals surface area (Å²) in [6.45, 7) is 7.17. The zero-order valence-corrected chi connectivity index (χ0v) is 15.5. The number of carbonyl (C=O) groups is 1. The number of anilines is 1. The second-order valence-corrected chi connectivity index (χ2v) is 9.04. The van der Waals surface area contributed by atoms with Gasteiger partial charge in [0.2, 0.25) is 0 Å². The number of aryl methyl sites for hydroxylation is 1. The van der Waals surface area contributed by atoms with Gasteiger partial charge < -0.3 is 5.32 Å². The van der Waals surface area contributed by atoms with Crippen LogP contribution in [0.3, 0.4) is 0 Å². The Morgan fingerprint density at radius 1 is 1.25 bits per heavy atom. The summed E-state index contributed by atoms with van der Waals surface area (Å²) >= 11 is 0. The van der Waals surface area contributed by atoms with Gasteiger partial charge in [0.25, 0.3) is 0 Å². The van der Waals surface area contributed by atoms with E-state index in [1.165, 1.54) is 13.2 Å². The monoisotopic (exact) mass is 349 g/mol. The summed E-state index contributed by atoms with van der Waals surface area (Å²) in [4.78, 5) is 20.9. The molecule has 0 atom stereocenters. The van der Waals surface area contributed by atoms with Crippen molar-refractivity contribution in [1.29, 1.82) is 0 Å². The topological polar surface area (TPSA) is 89.0 Å². The van der Waals surface area contributed by atoms with Crippen LogP contribution in [0.2, 0.25) is 0 Å². The van der Waals surface area contributed by atoms with Gasteiger partial charge in [0, 0.05) is 17.4 Å². The summed E-state index contributed by atoms with van der Waals surface area (Å²) in [5.74, 6) is 0.585. The standard InChI is InChI=1S/C17H23N3O3S/c1-11-16(20-17(3,4)9-10-24(5,22)23)19-15-13(12(2)21)7-6-8-14(15)18-11/h6-8H,9-10H2,1-5H3,(H,19,20). The predicted molar refractivity (Wildman–Crippen MR) is 96.3 cm³/mol. The lowest BCUT2D eigenvalue weighted by Crippen LogP contribution is -2.34. The van der Waals surface area contributed by atoms with Crippen molar-refractivity contribution in [3.8, 4) is 0 Å². The molecule has 6 nitrogen and oxygen atoms in total. The summed E-state index contributed by atoms with van der Waals surface area (Å²) in [6.07, 6.45) is 1.67. The number of fused-ring (bicyclic) bond motifs is 1. The molecule has 130 valence electrons. The third kappa shape index (κ3) is 4.50. The lowest BCUT2D eigenvalue weighted by atomic mass is 10.0. The zero-order chi connectivity index (χ0) is 18.1. The van der Waals surface area contributed by atoms with Crippen molar-refractivity contribution in [2.24, 2.45) is 0 Å². The molecule has 0 radical (unpaired) electrons. The Balaban J connectivity index is 2.40. The highest BCUT2D eigenvalue weighted by Crippen LogP contribution is 2.24. The molecule has 0 fully saturated rings. The molecule has 0 unspecified atom stereocenters. The van der Waals surface area contributed by atoms with Gasteiger partial charge in [-0.1, -0.05) is 6.07 Å². The van der Waals surface area contributed by atoms with E-state index in [0.717, 1.165) is 0 Å². The van der Waals surface area contributed by atoms with E-state index < -0.39 is 15.4 Å². The average Bonchev–Trinajstić information content (AvgIpc) is 2.44. The Hall–Kier alpha value is -2.02. The number of rotatable bonds is 6. The Labute approximate surface area is 142 Å². The Morgan fingerprint density at radius 2 is 1.92 bits per heavy atom. The molecule has 0 amide bonds. The van der Waals surface area contributed by atoms with Crippen LogP contribution in [0, 0.1) is 6.92 Å². The number of aromatic nitrogens is 2. The highest BCUT2D eigenvalue weighted by Gasteiger charge is 2.22. The zero-order valence-electron chi connectivity index (χ0n) is 14.7. The summed E-state index contributed by atoms with van der Waals surface area (Å²) < 4.78 is 22.8. The van der Waals surface area contributed by atoms with E-state index in [9.17, 15) is 13.2 Å². The third-order valence-corrected chi connectivity index (χ3v) is 4.75. The number of carbonyl (C=O) groups excluding carboxylic acids is 1. The molecule has 0 bridgehead atoms. The Kier molecular flexibility index (Phi) is 4.94. The van der Waals surface area contributed by atoms with Gasteiger partial charge in [-0.15, -0.1) is 0 Å². The molecule has 0 saturated carbocycles. The maximum atomic E-state index is 11.8. The summed E-state index contributed by atoms with van der Waals surface area (Å²) in [6, 6.07) is 5.34. The highest BCUT2D eigenvalue weighted by atomic mass is 32.2. The molecule has 0 aliphatic heterocycles.